The van der Waals surface area contributed by atoms with E-state index >= 15 is 0 Å². The summed E-state index contributed by atoms with van der Waals surface area (Å²) in [7, 11) is 0. The Morgan fingerprint density at radius 1 is 1.29 bits per heavy atom. The molecule has 0 aromatic carbocycles. The first-order valence-corrected chi connectivity index (χ1v) is 6.16. The summed E-state index contributed by atoms with van der Waals surface area (Å²) in [4.78, 5) is 0. The average molecular weight is 194 g/mol. The van der Waals surface area contributed by atoms with Gasteiger partial charge >= 0.3 is 0 Å². The van der Waals surface area contributed by atoms with Crippen LogP contribution in [0, 0.1) is 11.8 Å². The summed E-state index contributed by atoms with van der Waals surface area (Å²) in [6, 6.07) is 0. The Kier molecular flexibility index (Phi) is 3.27. The quantitative estimate of drug-likeness (QED) is 0.669. The lowest BCUT2D eigenvalue weighted by Crippen LogP contribution is -2.25. The molecule has 3 unspecified atom stereocenters. The molecule has 0 heterocycles. The molecule has 0 aromatic rings. The summed E-state index contributed by atoms with van der Waals surface area (Å²) in [5.74, 6) is 1.28. The van der Waals surface area contributed by atoms with Gasteiger partial charge in [-0.1, -0.05) is 25.8 Å². The Morgan fingerprint density at radius 2 is 2.14 bits per heavy atom. The molecule has 1 fully saturated rings. The molecule has 0 aliphatic heterocycles. The van der Waals surface area contributed by atoms with Crippen LogP contribution < -0.4 is 0 Å². The molecule has 0 bridgehead atoms. The van der Waals surface area contributed by atoms with Crippen molar-refractivity contribution in [2.45, 2.75) is 58.0 Å². The molecule has 2 aliphatic carbocycles. The topological polar surface area (TPSA) is 20.2 Å². The predicted molar refractivity (Wildman–Crippen MR) is 59.1 cm³/mol. The van der Waals surface area contributed by atoms with Gasteiger partial charge in [0.05, 0.1) is 6.10 Å². The first-order valence-electron chi connectivity index (χ1n) is 6.16. The number of hydrogen-bond acceptors (Lipinski definition) is 1. The molecule has 2 aliphatic rings. The Morgan fingerprint density at radius 3 is 2.71 bits per heavy atom. The largest absolute Gasteiger partial charge is 0.388 e. The molecule has 0 radical (unpaired) electrons. The Labute approximate surface area is 87.2 Å². The van der Waals surface area contributed by atoms with E-state index in [0.717, 1.165) is 12.3 Å². The number of rotatable bonds is 2. The van der Waals surface area contributed by atoms with Crippen molar-refractivity contribution in [3.8, 4) is 0 Å². The third kappa shape index (κ3) is 2.03. The highest BCUT2D eigenvalue weighted by Crippen LogP contribution is 2.37. The van der Waals surface area contributed by atoms with E-state index in [9.17, 15) is 5.11 Å². The van der Waals surface area contributed by atoms with Crippen molar-refractivity contribution in [3.63, 3.8) is 0 Å². The van der Waals surface area contributed by atoms with Crippen LogP contribution in [0.1, 0.15) is 51.9 Å². The first kappa shape index (κ1) is 10.2. The highest BCUT2D eigenvalue weighted by Gasteiger charge is 2.31. The number of allylic oxidation sites excluding steroid dienone is 1. The summed E-state index contributed by atoms with van der Waals surface area (Å²) < 4.78 is 0. The normalized spacial score (nSPS) is 35.4. The van der Waals surface area contributed by atoms with Crippen LogP contribution in [-0.4, -0.2) is 11.2 Å². The van der Waals surface area contributed by atoms with Crippen LogP contribution in [0.5, 0.6) is 0 Å². The van der Waals surface area contributed by atoms with Crippen LogP contribution in [0.3, 0.4) is 0 Å². The third-order valence-electron chi connectivity index (χ3n) is 4.04. The van der Waals surface area contributed by atoms with E-state index in [0.29, 0.717) is 5.92 Å². The van der Waals surface area contributed by atoms with E-state index in [4.69, 9.17) is 0 Å². The molecule has 3 atom stereocenters. The molecule has 0 amide bonds. The predicted octanol–water partition coefficient (Wildman–Crippen LogP) is 3.28. The molecule has 1 nitrogen and oxygen atoms in total. The van der Waals surface area contributed by atoms with Crippen molar-refractivity contribution in [3.05, 3.63) is 11.6 Å². The third-order valence-corrected chi connectivity index (χ3v) is 4.04. The lowest BCUT2D eigenvalue weighted by molar-refractivity contribution is 0.116. The van der Waals surface area contributed by atoms with E-state index in [1.165, 1.54) is 44.1 Å². The molecule has 2 rings (SSSR count). The van der Waals surface area contributed by atoms with Crippen molar-refractivity contribution < 1.29 is 5.11 Å². The van der Waals surface area contributed by atoms with Crippen molar-refractivity contribution in [2.75, 3.05) is 0 Å². The minimum absolute atomic E-state index is 0.118. The lowest BCUT2D eigenvalue weighted by Gasteiger charge is -2.26. The molecular weight excluding hydrogens is 172 g/mol. The van der Waals surface area contributed by atoms with E-state index in [1.54, 1.807) is 0 Å². The number of aliphatic hydroxyl groups excluding tert-OH is 1. The molecule has 0 spiro atoms. The second kappa shape index (κ2) is 4.48. The van der Waals surface area contributed by atoms with E-state index in [2.05, 4.69) is 13.0 Å². The first-order chi connectivity index (χ1) is 6.79. The zero-order valence-electron chi connectivity index (χ0n) is 9.21. The Hall–Kier alpha value is -0.300. The Balaban J connectivity index is 1.99. The molecule has 0 saturated heterocycles. The van der Waals surface area contributed by atoms with Crippen LogP contribution in [0.2, 0.25) is 0 Å². The standard InChI is InChI=1S/C13H22O/c1-10-6-5-9-12(10)13(14)11-7-3-2-4-8-11/h7,10,12-14H,2-6,8-9H2,1H3. The van der Waals surface area contributed by atoms with Gasteiger partial charge in [-0.2, -0.15) is 0 Å². The van der Waals surface area contributed by atoms with Gasteiger partial charge in [0.15, 0.2) is 0 Å². The minimum atomic E-state index is -0.118. The van der Waals surface area contributed by atoms with E-state index in [1.807, 2.05) is 0 Å². The summed E-state index contributed by atoms with van der Waals surface area (Å²) in [6.45, 7) is 2.30. The fourth-order valence-electron chi connectivity index (χ4n) is 3.05. The van der Waals surface area contributed by atoms with Crippen LogP contribution in [0.25, 0.3) is 0 Å². The minimum Gasteiger partial charge on any atom is -0.388 e. The average Bonchev–Trinajstić information content (AvgIpc) is 2.65. The monoisotopic (exact) mass is 194 g/mol. The molecule has 1 heteroatoms. The SMILES string of the molecule is CC1CCCC1C(O)C1=CCCCC1. The second-order valence-corrected chi connectivity index (χ2v) is 5.04. The molecule has 80 valence electrons. The molecule has 1 N–H and O–H groups in total. The number of aliphatic hydroxyl groups is 1. The molecule has 1 saturated carbocycles. The lowest BCUT2D eigenvalue weighted by atomic mass is 9.84. The van der Waals surface area contributed by atoms with Gasteiger partial charge in [-0.25, -0.2) is 0 Å². The van der Waals surface area contributed by atoms with Gasteiger partial charge in [-0.3, -0.25) is 0 Å². The maximum atomic E-state index is 10.3. The molecule has 14 heavy (non-hydrogen) atoms. The number of hydrogen-bond donors (Lipinski definition) is 1. The van der Waals surface area contributed by atoms with Crippen molar-refractivity contribution in [2.24, 2.45) is 11.8 Å². The van der Waals surface area contributed by atoms with Gasteiger partial charge in [-0.15, -0.1) is 0 Å². The van der Waals surface area contributed by atoms with Gasteiger partial charge in [0.1, 0.15) is 0 Å². The van der Waals surface area contributed by atoms with Crippen LogP contribution in [0.4, 0.5) is 0 Å². The van der Waals surface area contributed by atoms with Crippen LogP contribution in [-0.2, 0) is 0 Å². The van der Waals surface area contributed by atoms with Crippen molar-refractivity contribution in [1.29, 1.82) is 0 Å². The fourth-order valence-corrected chi connectivity index (χ4v) is 3.05. The molecular formula is C13H22O. The van der Waals surface area contributed by atoms with Gasteiger partial charge < -0.3 is 5.11 Å². The van der Waals surface area contributed by atoms with Gasteiger partial charge in [-0.05, 0) is 49.5 Å². The smallest absolute Gasteiger partial charge is 0.0780 e. The van der Waals surface area contributed by atoms with Crippen molar-refractivity contribution in [1.82, 2.24) is 0 Å². The van der Waals surface area contributed by atoms with Gasteiger partial charge in [0.25, 0.3) is 0 Å². The summed E-state index contributed by atoms with van der Waals surface area (Å²) >= 11 is 0. The summed E-state index contributed by atoms with van der Waals surface area (Å²) in [5, 5.41) is 10.3. The second-order valence-electron chi connectivity index (χ2n) is 5.04. The summed E-state index contributed by atoms with van der Waals surface area (Å²) in [6.07, 6.45) is 11.0. The maximum Gasteiger partial charge on any atom is 0.0780 e. The maximum absolute atomic E-state index is 10.3. The zero-order chi connectivity index (χ0) is 9.97. The van der Waals surface area contributed by atoms with Crippen LogP contribution >= 0.6 is 0 Å². The van der Waals surface area contributed by atoms with E-state index < -0.39 is 0 Å². The van der Waals surface area contributed by atoms with Gasteiger partial charge in [0.2, 0.25) is 0 Å². The highest BCUT2D eigenvalue weighted by molar-refractivity contribution is 5.12. The van der Waals surface area contributed by atoms with Crippen LogP contribution in [0.15, 0.2) is 11.6 Å². The van der Waals surface area contributed by atoms with E-state index in [-0.39, 0.29) is 6.10 Å². The highest BCUT2D eigenvalue weighted by atomic mass is 16.3. The fraction of sp³-hybridized carbons (Fsp3) is 0.846. The summed E-state index contributed by atoms with van der Waals surface area (Å²) in [5.41, 5.74) is 1.34. The van der Waals surface area contributed by atoms with Gasteiger partial charge in [0, 0.05) is 0 Å². The zero-order valence-corrected chi connectivity index (χ0v) is 9.21. The Bertz CT molecular complexity index is 219. The molecule has 0 aromatic heterocycles. The van der Waals surface area contributed by atoms with Crippen molar-refractivity contribution >= 4 is 0 Å².